The zero-order valence-electron chi connectivity index (χ0n) is 9.50. The third-order valence-corrected chi connectivity index (χ3v) is 25.7. The van der Waals surface area contributed by atoms with E-state index in [0.29, 0.717) is 0 Å². The van der Waals surface area contributed by atoms with Crippen LogP contribution in [0.5, 0.6) is 0 Å². The van der Waals surface area contributed by atoms with Crippen molar-refractivity contribution in [2.24, 2.45) is 0 Å². The Labute approximate surface area is 112 Å². The van der Waals surface area contributed by atoms with E-state index in [1.807, 2.05) is 0 Å². The molecule has 0 aromatic heterocycles. The van der Waals surface area contributed by atoms with Crippen LogP contribution in [-0.2, 0) is 0 Å². The molecular formula is C14H14GeS2. The quantitative estimate of drug-likeness (QED) is 0.781. The average Bonchev–Trinajstić information content (AvgIpc) is 2.91. The molecular weight excluding hydrogens is 305 g/mol. The van der Waals surface area contributed by atoms with E-state index in [0.717, 1.165) is 0 Å². The molecule has 3 heteroatoms. The molecule has 1 aliphatic rings. The van der Waals surface area contributed by atoms with Crippen LogP contribution in [0.3, 0.4) is 0 Å². The van der Waals surface area contributed by atoms with Crippen molar-refractivity contribution < 1.29 is 0 Å². The zero-order chi connectivity index (χ0) is 11.6. The fraction of sp³-hybridized carbons (Fsp3) is 0.143. The van der Waals surface area contributed by atoms with Gasteiger partial charge in [0, 0.05) is 0 Å². The summed E-state index contributed by atoms with van der Waals surface area (Å²) in [7, 11) is 2.36. The summed E-state index contributed by atoms with van der Waals surface area (Å²) in [6, 6.07) is 22.3. The van der Waals surface area contributed by atoms with Gasteiger partial charge in [-0.05, 0) is 0 Å². The molecule has 0 spiro atoms. The van der Waals surface area contributed by atoms with Crippen molar-refractivity contribution in [1.82, 2.24) is 0 Å². The van der Waals surface area contributed by atoms with Gasteiger partial charge in [-0.3, -0.25) is 0 Å². The standard InChI is InChI=1S/C14H14GeS2/c1-3-7-13(8-4-1)15(16-11-12-17-15)14-9-5-2-6-10-14/h1-10H,11-12H2. The molecule has 0 saturated carbocycles. The summed E-state index contributed by atoms with van der Waals surface area (Å²) in [5.74, 6) is 2.63. The van der Waals surface area contributed by atoms with Crippen molar-refractivity contribution in [3.05, 3.63) is 60.7 Å². The molecule has 0 unspecified atom stereocenters. The molecule has 0 amide bonds. The van der Waals surface area contributed by atoms with Crippen LogP contribution in [0.4, 0.5) is 0 Å². The van der Waals surface area contributed by atoms with Gasteiger partial charge in [-0.2, -0.15) is 0 Å². The van der Waals surface area contributed by atoms with Gasteiger partial charge in [-0.1, -0.05) is 0 Å². The molecule has 2 aromatic rings. The van der Waals surface area contributed by atoms with E-state index in [1.54, 1.807) is 8.79 Å². The molecule has 0 atom stereocenters. The molecule has 0 N–H and O–H groups in total. The van der Waals surface area contributed by atoms with Crippen LogP contribution >= 0.6 is 20.2 Å². The van der Waals surface area contributed by atoms with E-state index in [4.69, 9.17) is 0 Å². The first-order valence-electron chi connectivity index (χ1n) is 5.81. The van der Waals surface area contributed by atoms with Gasteiger partial charge in [0.05, 0.1) is 0 Å². The molecule has 0 bridgehead atoms. The van der Waals surface area contributed by atoms with Crippen molar-refractivity contribution in [3.63, 3.8) is 0 Å². The first-order chi connectivity index (χ1) is 8.42. The normalized spacial score (nSPS) is 18.1. The van der Waals surface area contributed by atoms with Crippen LogP contribution in [0.15, 0.2) is 60.7 Å². The monoisotopic (exact) mass is 320 g/mol. The Morgan fingerprint density at radius 3 is 1.47 bits per heavy atom. The molecule has 0 radical (unpaired) electrons. The number of rotatable bonds is 2. The maximum absolute atomic E-state index is 2.33. The second-order valence-electron chi connectivity index (χ2n) is 4.05. The Morgan fingerprint density at radius 1 is 0.647 bits per heavy atom. The van der Waals surface area contributed by atoms with Crippen molar-refractivity contribution in [1.29, 1.82) is 0 Å². The molecule has 0 aliphatic carbocycles. The number of hydrogen-bond acceptors (Lipinski definition) is 2. The molecule has 1 saturated heterocycles. The van der Waals surface area contributed by atoms with Crippen molar-refractivity contribution in [2.45, 2.75) is 0 Å². The van der Waals surface area contributed by atoms with E-state index < -0.39 is 11.0 Å². The van der Waals surface area contributed by atoms with Gasteiger partial charge >= 0.3 is 112 Å². The van der Waals surface area contributed by atoms with Crippen LogP contribution in [0.1, 0.15) is 0 Å². The van der Waals surface area contributed by atoms with Gasteiger partial charge in [-0.15, -0.1) is 0 Å². The summed E-state index contributed by atoms with van der Waals surface area (Å²) in [6.45, 7) is 0. The van der Waals surface area contributed by atoms with Gasteiger partial charge in [0.15, 0.2) is 0 Å². The van der Waals surface area contributed by atoms with Crippen LogP contribution < -0.4 is 8.79 Å². The molecule has 17 heavy (non-hydrogen) atoms. The van der Waals surface area contributed by atoms with Crippen molar-refractivity contribution in [2.75, 3.05) is 11.5 Å². The predicted octanol–water partition coefficient (Wildman–Crippen LogP) is 2.72. The maximum atomic E-state index is 2.33. The third kappa shape index (κ3) is 2.18. The van der Waals surface area contributed by atoms with Crippen molar-refractivity contribution in [3.8, 4) is 0 Å². The topological polar surface area (TPSA) is 0 Å². The summed E-state index contributed by atoms with van der Waals surface area (Å²) >= 11 is 0. The Balaban J connectivity index is 2.11. The molecule has 0 nitrogen and oxygen atoms in total. The first kappa shape index (κ1) is 11.8. The van der Waals surface area contributed by atoms with Crippen molar-refractivity contribution >= 4 is 39.9 Å². The Hall–Kier alpha value is -0.317. The second-order valence-corrected chi connectivity index (χ2v) is 21.8. The molecule has 1 aliphatic heterocycles. The van der Waals surface area contributed by atoms with Gasteiger partial charge in [-0.25, -0.2) is 0 Å². The van der Waals surface area contributed by atoms with E-state index >= 15 is 0 Å². The Kier molecular flexibility index (Phi) is 3.54. The van der Waals surface area contributed by atoms with E-state index in [9.17, 15) is 0 Å². The first-order valence-corrected chi connectivity index (χ1v) is 15.0. The molecule has 86 valence electrons. The number of hydrogen-bond donors (Lipinski definition) is 0. The van der Waals surface area contributed by atoms with Gasteiger partial charge in [0.2, 0.25) is 0 Å². The zero-order valence-corrected chi connectivity index (χ0v) is 13.2. The van der Waals surface area contributed by atoms with Crippen LogP contribution in [0.2, 0.25) is 0 Å². The molecule has 1 fully saturated rings. The third-order valence-electron chi connectivity index (χ3n) is 3.00. The Morgan fingerprint density at radius 2 is 1.06 bits per heavy atom. The summed E-state index contributed by atoms with van der Waals surface area (Å²) in [6.07, 6.45) is 0. The summed E-state index contributed by atoms with van der Waals surface area (Å²) < 4.78 is 3.21. The van der Waals surface area contributed by atoms with Gasteiger partial charge in [0.25, 0.3) is 0 Å². The average molecular weight is 319 g/mol. The van der Waals surface area contributed by atoms with E-state index in [-0.39, 0.29) is 0 Å². The SMILES string of the molecule is c1cc[c]([Ge]2([c]3ccccc3)[S]CC[S]2)cc1. The minimum atomic E-state index is -2.13. The fourth-order valence-electron chi connectivity index (χ4n) is 2.23. The minimum absolute atomic E-state index is 1.31. The van der Waals surface area contributed by atoms with E-state index in [2.05, 4.69) is 80.8 Å². The van der Waals surface area contributed by atoms with Crippen LogP contribution in [-0.4, -0.2) is 22.5 Å². The second kappa shape index (κ2) is 5.13. The Bertz CT molecular complexity index is 437. The summed E-state index contributed by atoms with van der Waals surface area (Å²) in [5.41, 5.74) is 0. The van der Waals surface area contributed by atoms with Crippen LogP contribution in [0.25, 0.3) is 0 Å². The predicted molar refractivity (Wildman–Crippen MR) is 82.8 cm³/mol. The van der Waals surface area contributed by atoms with Crippen LogP contribution in [0, 0.1) is 0 Å². The van der Waals surface area contributed by atoms with Gasteiger partial charge < -0.3 is 0 Å². The number of benzene rings is 2. The molecule has 1 heterocycles. The van der Waals surface area contributed by atoms with Gasteiger partial charge in [0.1, 0.15) is 0 Å². The summed E-state index contributed by atoms with van der Waals surface area (Å²) in [4.78, 5) is 0. The summed E-state index contributed by atoms with van der Waals surface area (Å²) in [5, 5.41) is 0. The molecule has 2 aromatic carbocycles. The molecule has 3 rings (SSSR count). The fourth-order valence-corrected chi connectivity index (χ4v) is 25.8. The van der Waals surface area contributed by atoms with E-state index in [1.165, 1.54) is 11.5 Å².